The van der Waals surface area contributed by atoms with E-state index in [2.05, 4.69) is 49.0 Å². The van der Waals surface area contributed by atoms with Crippen LogP contribution in [0.1, 0.15) is 28.8 Å². The number of nitrogens with zero attached hydrogens (tertiary/aromatic N) is 2. The van der Waals surface area contributed by atoms with E-state index in [9.17, 15) is 4.79 Å². The van der Waals surface area contributed by atoms with Crippen molar-refractivity contribution >= 4 is 60.2 Å². The maximum atomic E-state index is 11.7. The number of thioether (sulfide) groups is 1. The monoisotopic (exact) mass is 588 g/mol. The molecule has 1 saturated carbocycles. The number of carbonyl (C=O) groups excluding carboxylic acids is 1. The summed E-state index contributed by atoms with van der Waals surface area (Å²) in [6.07, 6.45) is 5.16. The van der Waals surface area contributed by atoms with Crippen molar-refractivity contribution in [3.8, 4) is 11.1 Å². The van der Waals surface area contributed by atoms with Crippen LogP contribution in [0.4, 0.5) is 0 Å². The molecule has 0 bridgehead atoms. The number of rotatable bonds is 11. The number of hydrogen-bond acceptors (Lipinski definition) is 8. The van der Waals surface area contributed by atoms with E-state index in [-0.39, 0.29) is 0 Å². The molecule has 4 N–H and O–H groups in total. The van der Waals surface area contributed by atoms with E-state index in [1.807, 2.05) is 44.9 Å². The molecule has 8 nitrogen and oxygen atoms in total. The van der Waals surface area contributed by atoms with Crippen LogP contribution in [0.25, 0.3) is 33.1 Å². The second-order valence-electron chi connectivity index (χ2n) is 9.52. The number of hydrogen-bond donors (Lipinski definition) is 4. The third kappa shape index (κ3) is 7.99. The molecule has 2 aromatic carbocycles. The van der Waals surface area contributed by atoms with E-state index >= 15 is 0 Å². The van der Waals surface area contributed by atoms with Crippen molar-refractivity contribution in [1.82, 2.24) is 20.2 Å². The third-order valence-electron chi connectivity index (χ3n) is 6.52. The highest BCUT2D eigenvalue weighted by Crippen LogP contribution is 2.42. The number of aromatic amines is 1. The zero-order valence-electron chi connectivity index (χ0n) is 22.3. The minimum atomic E-state index is -2.19. The van der Waals surface area contributed by atoms with Gasteiger partial charge in [0.2, 0.25) is 0 Å². The Morgan fingerprint density at radius 2 is 2.08 bits per heavy atom. The first-order valence-corrected chi connectivity index (χ1v) is 15.2. The Labute approximate surface area is 239 Å². The largest absolute Gasteiger partial charge is 0.339 e. The molecule has 1 fully saturated rings. The molecule has 0 unspecified atom stereocenters. The highest BCUT2D eigenvalue weighted by Gasteiger charge is 2.23. The summed E-state index contributed by atoms with van der Waals surface area (Å²) in [5.41, 5.74) is 5.49. The lowest BCUT2D eigenvalue weighted by atomic mass is 9.94. The fraction of sp³-hybridized carbons (Fsp3) is 0.357. The van der Waals surface area contributed by atoms with E-state index in [1.165, 1.54) is 17.7 Å². The van der Waals surface area contributed by atoms with Crippen molar-refractivity contribution in [3.63, 3.8) is 0 Å². The van der Waals surface area contributed by atoms with E-state index < -0.39 is 8.60 Å². The lowest BCUT2D eigenvalue weighted by Gasteiger charge is -2.15. The van der Waals surface area contributed by atoms with Gasteiger partial charge in [-0.25, -0.2) is 4.98 Å². The molecular formula is C28H34ClN4O4PS. The lowest BCUT2D eigenvalue weighted by molar-refractivity contribution is 0.112. The summed E-state index contributed by atoms with van der Waals surface area (Å²) >= 11 is 8.16. The predicted molar refractivity (Wildman–Crippen MR) is 162 cm³/mol. The fourth-order valence-corrected chi connectivity index (χ4v) is 5.76. The lowest BCUT2D eigenvalue weighted by Crippen LogP contribution is -2.29. The number of likely N-dealkylation sites (N-methyl/N-ethyl adjacent to an activating group) is 2. The summed E-state index contributed by atoms with van der Waals surface area (Å²) in [6.45, 7) is 4.88. The van der Waals surface area contributed by atoms with Gasteiger partial charge in [0.05, 0.1) is 17.1 Å². The van der Waals surface area contributed by atoms with Crippen molar-refractivity contribution < 1.29 is 19.1 Å². The molecule has 0 amide bonds. The molecule has 39 heavy (non-hydrogen) atoms. The zero-order chi connectivity index (χ0) is 27.9. The Hall–Kier alpha value is -2.07. The second kappa shape index (κ2) is 14.0. The van der Waals surface area contributed by atoms with Crippen LogP contribution in [0, 0.1) is 6.92 Å². The summed E-state index contributed by atoms with van der Waals surface area (Å²) in [6, 6.07) is 12.5. The summed E-state index contributed by atoms with van der Waals surface area (Å²) in [7, 11) is 1.66. The highest BCUT2D eigenvalue weighted by molar-refractivity contribution is 8.00. The van der Waals surface area contributed by atoms with E-state index in [0.29, 0.717) is 23.7 Å². The Morgan fingerprint density at radius 3 is 2.77 bits per heavy atom. The highest BCUT2D eigenvalue weighted by atomic mass is 35.5. The average Bonchev–Trinajstić information content (AvgIpc) is 3.65. The molecule has 0 saturated heterocycles. The number of benzene rings is 2. The molecule has 1 aliphatic carbocycles. The van der Waals surface area contributed by atoms with Gasteiger partial charge < -0.3 is 29.5 Å². The quantitative estimate of drug-likeness (QED) is 0.129. The van der Waals surface area contributed by atoms with Crippen LogP contribution >= 0.6 is 32.0 Å². The van der Waals surface area contributed by atoms with Crippen LogP contribution in [0.15, 0.2) is 47.5 Å². The maximum absolute atomic E-state index is 11.7. The number of aromatic nitrogens is 2. The normalized spacial score (nSPS) is 13.3. The number of aryl methyl sites for hydroxylation is 1. The Balaban J connectivity index is 0.000000251. The van der Waals surface area contributed by atoms with Gasteiger partial charge in [0.1, 0.15) is 11.9 Å². The number of H-pyrrole nitrogens is 1. The molecule has 0 atom stereocenters. The molecule has 2 aromatic heterocycles. The minimum absolute atomic E-state index is 0.360. The van der Waals surface area contributed by atoms with Gasteiger partial charge >= 0.3 is 8.60 Å². The molecular weight excluding hydrogens is 555 g/mol. The first-order chi connectivity index (χ1) is 18.8. The van der Waals surface area contributed by atoms with E-state index in [4.69, 9.17) is 21.4 Å². The fourth-order valence-electron chi connectivity index (χ4n) is 4.24. The summed E-state index contributed by atoms with van der Waals surface area (Å²) in [5.74, 6) is 0. The van der Waals surface area contributed by atoms with Gasteiger partial charge in [-0.15, -0.1) is 11.8 Å². The molecule has 208 valence electrons. The topological polar surface area (TPSA) is 111 Å². The van der Waals surface area contributed by atoms with Crippen LogP contribution in [-0.2, 0) is 4.52 Å². The average molecular weight is 589 g/mol. The van der Waals surface area contributed by atoms with Gasteiger partial charge in [-0.2, -0.15) is 0 Å². The van der Waals surface area contributed by atoms with E-state index in [0.717, 1.165) is 63.3 Å². The number of aldehydes is 1. The third-order valence-corrected chi connectivity index (χ3v) is 8.47. The standard InChI is InChI=1S/C22H17ClN2OS.C6H17N2O3P/c1-12-14(11-26)8-18(13-3-2-4-17(7-13)27-16-5-6-16)20-19-9-15(23)10-24-22(19)25-21(12)20;1-7-3-4-8(2)5-6-11-12(9)10/h2-4,7-11,16H,5-6H2,1H3,(H,24,25);7,9-10H,3-6H2,1-2H3. The van der Waals surface area contributed by atoms with Crippen molar-refractivity contribution in [1.29, 1.82) is 0 Å². The molecule has 4 aromatic rings. The summed E-state index contributed by atoms with van der Waals surface area (Å²) in [4.78, 5) is 39.6. The van der Waals surface area contributed by atoms with Crippen LogP contribution in [-0.4, -0.2) is 76.5 Å². The van der Waals surface area contributed by atoms with Crippen LogP contribution in [0.3, 0.4) is 0 Å². The van der Waals surface area contributed by atoms with Gasteiger partial charge in [-0.05, 0) is 74.8 Å². The first kappa shape index (κ1) is 29.9. The van der Waals surface area contributed by atoms with Gasteiger partial charge in [-0.1, -0.05) is 23.7 Å². The predicted octanol–water partition coefficient (Wildman–Crippen LogP) is 5.78. The summed E-state index contributed by atoms with van der Waals surface area (Å²) in [5, 5.41) is 6.42. The Kier molecular flexibility index (Phi) is 10.7. The number of carbonyl (C=O) groups is 1. The smallest absolute Gasteiger partial charge is 0.327 e. The van der Waals surface area contributed by atoms with Crippen molar-refractivity contribution in [3.05, 3.63) is 58.7 Å². The number of halogens is 1. The van der Waals surface area contributed by atoms with E-state index in [1.54, 1.807) is 6.20 Å². The molecule has 11 heteroatoms. The van der Waals surface area contributed by atoms with Crippen molar-refractivity contribution in [2.24, 2.45) is 0 Å². The number of nitrogens with one attached hydrogen (secondary N) is 2. The first-order valence-electron chi connectivity index (χ1n) is 12.8. The van der Waals surface area contributed by atoms with Gasteiger partial charge in [-0.3, -0.25) is 4.79 Å². The SMILES string of the molecule is CNCCN(C)CCOP(O)O.Cc1c(C=O)cc(-c2cccc(SC3CC3)c2)c2c1[nH]c1ncc(Cl)cc12. The Bertz CT molecular complexity index is 1430. The van der Waals surface area contributed by atoms with Crippen LogP contribution in [0.2, 0.25) is 5.02 Å². The molecule has 2 heterocycles. The zero-order valence-corrected chi connectivity index (χ0v) is 24.7. The number of pyridine rings is 1. The van der Waals surface area contributed by atoms with Crippen molar-refractivity contribution in [2.45, 2.75) is 29.9 Å². The van der Waals surface area contributed by atoms with Gasteiger partial charge in [0.15, 0.2) is 0 Å². The molecule has 1 aliphatic rings. The number of fused-ring (bicyclic) bond motifs is 3. The molecule has 0 spiro atoms. The second-order valence-corrected chi connectivity index (χ2v) is 12.1. The summed E-state index contributed by atoms with van der Waals surface area (Å²) < 4.78 is 4.61. The van der Waals surface area contributed by atoms with Gasteiger partial charge in [0, 0.05) is 52.3 Å². The molecule has 0 aliphatic heterocycles. The molecule has 5 rings (SSSR count). The molecule has 0 radical (unpaired) electrons. The van der Waals surface area contributed by atoms with Crippen LogP contribution in [0.5, 0.6) is 0 Å². The Morgan fingerprint density at radius 1 is 1.28 bits per heavy atom. The van der Waals surface area contributed by atoms with Crippen molar-refractivity contribution in [2.75, 3.05) is 40.3 Å². The van der Waals surface area contributed by atoms with Crippen LogP contribution < -0.4 is 5.32 Å². The maximum Gasteiger partial charge on any atom is 0.327 e. The minimum Gasteiger partial charge on any atom is -0.339 e. The van der Waals surface area contributed by atoms with Gasteiger partial charge in [0.25, 0.3) is 0 Å².